The van der Waals surface area contributed by atoms with Crippen molar-refractivity contribution in [3.05, 3.63) is 53.2 Å². The number of benzene rings is 1. The van der Waals surface area contributed by atoms with Crippen molar-refractivity contribution in [1.29, 1.82) is 0 Å². The van der Waals surface area contributed by atoms with Crippen molar-refractivity contribution in [3.8, 4) is 5.75 Å². The van der Waals surface area contributed by atoms with Crippen LogP contribution >= 0.6 is 11.6 Å². The summed E-state index contributed by atoms with van der Waals surface area (Å²) in [5, 5.41) is 0.0534. The lowest BCUT2D eigenvalue weighted by Crippen LogP contribution is -2.28. The van der Waals surface area contributed by atoms with Gasteiger partial charge in [0.1, 0.15) is 17.3 Å². The Morgan fingerprint density at radius 1 is 1.39 bits per heavy atom. The molecular weight excluding hydrogens is 257 g/mol. The van der Waals surface area contributed by atoms with Crippen LogP contribution in [0.5, 0.6) is 5.75 Å². The molecule has 3 nitrogen and oxygen atoms in total. The first-order valence-electron chi connectivity index (χ1n) is 5.48. The molecule has 0 radical (unpaired) electrons. The Morgan fingerprint density at radius 3 is 2.72 bits per heavy atom. The van der Waals surface area contributed by atoms with Gasteiger partial charge in [-0.05, 0) is 31.2 Å². The maximum atomic E-state index is 13.3. The number of hydrogen-bond donors (Lipinski definition) is 1. The minimum atomic E-state index is -0.531. The van der Waals surface area contributed by atoms with Gasteiger partial charge in [0.05, 0.1) is 11.3 Å². The van der Waals surface area contributed by atoms with E-state index < -0.39 is 11.9 Å². The van der Waals surface area contributed by atoms with Crippen LogP contribution in [0.15, 0.2) is 41.0 Å². The van der Waals surface area contributed by atoms with Crippen molar-refractivity contribution in [2.75, 3.05) is 0 Å². The third-order valence-corrected chi connectivity index (χ3v) is 2.76. The third kappa shape index (κ3) is 2.83. The van der Waals surface area contributed by atoms with Gasteiger partial charge in [-0.3, -0.25) is 0 Å². The molecule has 2 rings (SSSR count). The molecular formula is C13H13ClFNO2. The van der Waals surface area contributed by atoms with Crippen LogP contribution in [-0.2, 0) is 0 Å². The number of hydrogen-bond acceptors (Lipinski definition) is 3. The molecule has 2 unspecified atom stereocenters. The van der Waals surface area contributed by atoms with Crippen LogP contribution in [0.25, 0.3) is 0 Å². The molecule has 0 bridgehead atoms. The molecule has 0 saturated heterocycles. The lowest BCUT2D eigenvalue weighted by atomic mass is 10.1. The number of halogens is 2. The molecule has 0 amide bonds. The van der Waals surface area contributed by atoms with Crippen LogP contribution in [0.3, 0.4) is 0 Å². The van der Waals surface area contributed by atoms with E-state index in [1.54, 1.807) is 25.1 Å². The van der Waals surface area contributed by atoms with Crippen LogP contribution in [-0.4, -0.2) is 6.04 Å². The highest BCUT2D eigenvalue weighted by Crippen LogP contribution is 2.27. The van der Waals surface area contributed by atoms with Gasteiger partial charge in [-0.15, -0.1) is 0 Å². The SMILES string of the molecule is CC(N)C(Oc1ccc(Cl)c(F)c1)c1ccco1. The maximum absolute atomic E-state index is 13.3. The fourth-order valence-electron chi connectivity index (χ4n) is 1.57. The summed E-state index contributed by atoms with van der Waals surface area (Å²) in [5.74, 6) is 0.424. The maximum Gasteiger partial charge on any atom is 0.171 e. The molecule has 96 valence electrons. The van der Waals surface area contributed by atoms with Gasteiger partial charge in [0.15, 0.2) is 6.10 Å². The van der Waals surface area contributed by atoms with Gasteiger partial charge < -0.3 is 14.9 Å². The monoisotopic (exact) mass is 269 g/mol. The first-order chi connectivity index (χ1) is 8.58. The van der Waals surface area contributed by atoms with E-state index >= 15 is 0 Å². The summed E-state index contributed by atoms with van der Waals surface area (Å²) in [6, 6.07) is 7.46. The van der Waals surface area contributed by atoms with E-state index in [9.17, 15) is 4.39 Å². The van der Waals surface area contributed by atoms with Gasteiger partial charge in [-0.1, -0.05) is 11.6 Å². The smallest absolute Gasteiger partial charge is 0.171 e. The molecule has 0 spiro atoms. The highest BCUT2D eigenvalue weighted by molar-refractivity contribution is 6.30. The van der Waals surface area contributed by atoms with E-state index in [0.29, 0.717) is 11.5 Å². The van der Waals surface area contributed by atoms with Crippen molar-refractivity contribution in [1.82, 2.24) is 0 Å². The van der Waals surface area contributed by atoms with Crippen LogP contribution in [0.2, 0.25) is 5.02 Å². The van der Waals surface area contributed by atoms with E-state index in [1.165, 1.54) is 18.4 Å². The second kappa shape index (κ2) is 5.42. The minimum Gasteiger partial charge on any atom is -0.481 e. The zero-order valence-corrected chi connectivity index (χ0v) is 10.5. The number of nitrogens with two attached hydrogens (primary N) is 1. The Kier molecular flexibility index (Phi) is 3.89. The van der Waals surface area contributed by atoms with Crippen molar-refractivity contribution in [2.45, 2.75) is 19.1 Å². The molecule has 5 heteroatoms. The summed E-state index contributed by atoms with van der Waals surface area (Å²) in [6.07, 6.45) is 1.07. The van der Waals surface area contributed by atoms with Crippen molar-refractivity contribution >= 4 is 11.6 Å². The topological polar surface area (TPSA) is 48.4 Å². The predicted molar refractivity (Wildman–Crippen MR) is 67.1 cm³/mol. The molecule has 0 saturated carbocycles. The van der Waals surface area contributed by atoms with Crippen molar-refractivity contribution in [2.24, 2.45) is 5.73 Å². The zero-order valence-electron chi connectivity index (χ0n) is 9.77. The standard InChI is InChI=1S/C13H13ClFNO2/c1-8(16)13(12-3-2-6-17-12)18-9-4-5-10(14)11(15)7-9/h2-8,13H,16H2,1H3. The van der Waals surface area contributed by atoms with E-state index in [4.69, 9.17) is 26.5 Å². The number of ether oxygens (including phenoxy) is 1. The molecule has 1 heterocycles. The fraction of sp³-hybridized carbons (Fsp3) is 0.231. The summed E-state index contributed by atoms with van der Waals surface area (Å²) in [5.41, 5.74) is 5.84. The second-order valence-electron chi connectivity index (χ2n) is 3.99. The van der Waals surface area contributed by atoms with Gasteiger partial charge >= 0.3 is 0 Å². The minimum absolute atomic E-state index is 0.0534. The van der Waals surface area contributed by atoms with Gasteiger partial charge in [0.25, 0.3) is 0 Å². The summed E-state index contributed by atoms with van der Waals surface area (Å²) in [6.45, 7) is 1.79. The average Bonchev–Trinajstić information content (AvgIpc) is 2.83. The lowest BCUT2D eigenvalue weighted by Gasteiger charge is -2.20. The van der Waals surface area contributed by atoms with Gasteiger partial charge in [-0.25, -0.2) is 4.39 Å². The van der Waals surface area contributed by atoms with Crippen LogP contribution in [0, 0.1) is 5.82 Å². The first-order valence-corrected chi connectivity index (χ1v) is 5.86. The molecule has 1 aromatic heterocycles. The quantitative estimate of drug-likeness (QED) is 0.923. The van der Waals surface area contributed by atoms with E-state index in [2.05, 4.69) is 0 Å². The normalized spacial score (nSPS) is 14.2. The molecule has 0 fully saturated rings. The van der Waals surface area contributed by atoms with Crippen LogP contribution in [0.4, 0.5) is 4.39 Å². The molecule has 0 aliphatic carbocycles. The Morgan fingerprint density at radius 2 is 2.17 bits per heavy atom. The Bertz CT molecular complexity index is 514. The molecule has 2 aromatic rings. The zero-order chi connectivity index (χ0) is 13.1. The predicted octanol–water partition coefficient (Wildman–Crippen LogP) is 3.54. The van der Waals surface area contributed by atoms with Crippen molar-refractivity contribution < 1.29 is 13.5 Å². The van der Waals surface area contributed by atoms with E-state index in [0.717, 1.165) is 0 Å². The summed E-state index contributed by atoms with van der Waals surface area (Å²) in [7, 11) is 0. The second-order valence-corrected chi connectivity index (χ2v) is 4.40. The Hall–Kier alpha value is -1.52. The third-order valence-electron chi connectivity index (χ3n) is 2.46. The lowest BCUT2D eigenvalue weighted by molar-refractivity contribution is 0.152. The highest BCUT2D eigenvalue weighted by atomic mass is 35.5. The Balaban J connectivity index is 2.21. The number of rotatable bonds is 4. The van der Waals surface area contributed by atoms with E-state index in [1.807, 2.05) is 0 Å². The van der Waals surface area contributed by atoms with Crippen LogP contribution in [0.1, 0.15) is 18.8 Å². The van der Waals surface area contributed by atoms with Gasteiger partial charge in [0, 0.05) is 12.1 Å². The molecule has 0 aliphatic rings. The molecule has 18 heavy (non-hydrogen) atoms. The van der Waals surface area contributed by atoms with Gasteiger partial charge in [-0.2, -0.15) is 0 Å². The summed E-state index contributed by atoms with van der Waals surface area (Å²) in [4.78, 5) is 0. The number of furan rings is 1. The largest absolute Gasteiger partial charge is 0.481 e. The summed E-state index contributed by atoms with van der Waals surface area (Å²) < 4.78 is 24.2. The molecule has 2 atom stereocenters. The average molecular weight is 270 g/mol. The molecule has 1 aromatic carbocycles. The van der Waals surface area contributed by atoms with Gasteiger partial charge in [0.2, 0.25) is 0 Å². The van der Waals surface area contributed by atoms with Crippen LogP contribution < -0.4 is 10.5 Å². The van der Waals surface area contributed by atoms with Crippen molar-refractivity contribution in [3.63, 3.8) is 0 Å². The molecule has 2 N–H and O–H groups in total. The molecule has 0 aliphatic heterocycles. The van der Waals surface area contributed by atoms with E-state index in [-0.39, 0.29) is 11.1 Å². The highest BCUT2D eigenvalue weighted by Gasteiger charge is 2.21. The Labute approximate surface area is 109 Å². The fourth-order valence-corrected chi connectivity index (χ4v) is 1.69. The summed E-state index contributed by atoms with van der Waals surface area (Å²) >= 11 is 5.61. The first kappa shape index (κ1) is 12.9.